The molecular weight excluding hydrogens is 607 g/mol. The average molecular weight is 670 g/mol. The predicted molar refractivity (Wildman–Crippen MR) is 195 cm³/mol. The largest absolute Gasteiger partial charge is 0.415 e. The van der Waals surface area contributed by atoms with Gasteiger partial charge >= 0.3 is 0 Å². The van der Waals surface area contributed by atoms with Crippen LogP contribution in [0.15, 0.2) is 47.1 Å². The van der Waals surface area contributed by atoms with E-state index in [-0.39, 0.29) is 22.5 Å². The third kappa shape index (κ3) is 7.51. The molecule has 5 rings (SSSR count). The van der Waals surface area contributed by atoms with Crippen LogP contribution in [0.5, 0.6) is 0 Å². The molecule has 0 heterocycles. The van der Waals surface area contributed by atoms with E-state index in [0.29, 0.717) is 19.1 Å². The summed E-state index contributed by atoms with van der Waals surface area (Å²) in [6.45, 7) is 27.5. The normalized spacial score (nSPS) is 35.3. The Morgan fingerprint density at radius 2 is 1.49 bits per heavy atom. The Kier molecular flexibility index (Phi) is 10.0. The molecule has 1 aromatic rings. The highest BCUT2D eigenvalue weighted by Gasteiger charge is 2.68. The highest BCUT2D eigenvalue weighted by molar-refractivity contribution is 6.70. The average Bonchev–Trinajstić information content (AvgIpc) is 3.22. The fourth-order valence-electron chi connectivity index (χ4n) is 9.77. The van der Waals surface area contributed by atoms with Gasteiger partial charge in [0, 0.05) is 5.41 Å². The molecule has 1 unspecified atom stereocenters. The molecule has 0 aliphatic heterocycles. The third-order valence-electron chi connectivity index (χ3n) is 11.6. The standard InChI is InChI=1S/C37H63NO4Si3/c1-35-22-19-30(38-39-26-28-15-13-12-14-16-28)25-29(35)17-18-31-32(35)20-23-36(2)33(31)21-24-37(36,42-45(9,10)11)34(41-44(6,7)8)27-40-43(3,4)5/h12-16,25,31-34H,17-24,26-27H2,1-11H3/b38-30-/t31-,32+,33+,34?,35+,36+,37+/m1/s1. The summed E-state index contributed by atoms with van der Waals surface area (Å²) in [5.41, 5.74) is 3.96. The first kappa shape index (κ1) is 35.3. The molecule has 45 heavy (non-hydrogen) atoms. The summed E-state index contributed by atoms with van der Waals surface area (Å²) < 4.78 is 21.5. The van der Waals surface area contributed by atoms with Crippen molar-refractivity contribution in [1.82, 2.24) is 0 Å². The molecule has 1 aromatic carbocycles. The molecule has 3 saturated carbocycles. The van der Waals surface area contributed by atoms with Crippen molar-refractivity contribution < 1.29 is 18.1 Å². The summed E-state index contributed by atoms with van der Waals surface area (Å²) >= 11 is 0. The van der Waals surface area contributed by atoms with Gasteiger partial charge in [-0.3, -0.25) is 0 Å². The van der Waals surface area contributed by atoms with Crippen molar-refractivity contribution in [2.24, 2.45) is 33.7 Å². The van der Waals surface area contributed by atoms with E-state index in [4.69, 9.17) is 18.1 Å². The van der Waals surface area contributed by atoms with Gasteiger partial charge < -0.3 is 18.1 Å². The highest BCUT2D eigenvalue weighted by atomic mass is 28.4. The summed E-state index contributed by atoms with van der Waals surface area (Å²) in [7, 11) is -5.49. The number of nitrogens with zero attached hydrogens (tertiary/aromatic N) is 1. The van der Waals surface area contributed by atoms with Crippen molar-refractivity contribution in [1.29, 1.82) is 0 Å². The van der Waals surface area contributed by atoms with Crippen molar-refractivity contribution >= 4 is 30.7 Å². The van der Waals surface area contributed by atoms with Crippen LogP contribution in [0.3, 0.4) is 0 Å². The van der Waals surface area contributed by atoms with Gasteiger partial charge in [0.25, 0.3) is 0 Å². The zero-order valence-corrected chi connectivity index (χ0v) is 33.4. The van der Waals surface area contributed by atoms with Crippen LogP contribution in [0.25, 0.3) is 0 Å². The molecule has 7 atom stereocenters. The fraction of sp³-hybridized carbons (Fsp3) is 0.757. The van der Waals surface area contributed by atoms with E-state index in [1.165, 1.54) is 38.5 Å². The van der Waals surface area contributed by atoms with E-state index in [0.717, 1.165) is 36.0 Å². The molecule has 0 N–H and O–H groups in total. The summed E-state index contributed by atoms with van der Waals surface area (Å²) in [4.78, 5) is 5.82. The lowest BCUT2D eigenvalue weighted by molar-refractivity contribution is -0.167. The fourth-order valence-corrected chi connectivity index (χ4v) is 13.1. The van der Waals surface area contributed by atoms with Gasteiger partial charge in [-0.15, -0.1) is 0 Å². The van der Waals surface area contributed by atoms with Crippen molar-refractivity contribution in [2.45, 2.75) is 142 Å². The molecule has 0 amide bonds. The van der Waals surface area contributed by atoms with E-state index >= 15 is 0 Å². The number of allylic oxidation sites excluding steroid dienone is 2. The second-order valence-electron chi connectivity index (χ2n) is 18.1. The highest BCUT2D eigenvalue weighted by Crippen LogP contribution is 2.69. The molecule has 8 heteroatoms. The molecule has 4 aliphatic rings. The van der Waals surface area contributed by atoms with Crippen LogP contribution in [-0.4, -0.2) is 49.0 Å². The molecule has 3 fully saturated rings. The summed E-state index contributed by atoms with van der Waals surface area (Å²) in [5, 5.41) is 4.61. The van der Waals surface area contributed by atoms with Crippen LogP contribution in [0, 0.1) is 28.6 Å². The molecule has 0 aromatic heterocycles. The van der Waals surface area contributed by atoms with Gasteiger partial charge in [0.1, 0.15) is 6.61 Å². The first-order valence-corrected chi connectivity index (χ1v) is 28.0. The van der Waals surface area contributed by atoms with E-state index in [9.17, 15) is 0 Å². The van der Waals surface area contributed by atoms with Gasteiger partial charge in [0.05, 0.1) is 24.0 Å². The summed E-state index contributed by atoms with van der Waals surface area (Å²) in [6.07, 6.45) is 11.9. The van der Waals surface area contributed by atoms with Gasteiger partial charge in [0.15, 0.2) is 25.0 Å². The smallest absolute Gasteiger partial charge is 0.184 e. The molecular formula is C37H63NO4Si3. The molecule has 5 nitrogen and oxygen atoms in total. The molecule has 0 spiro atoms. The number of benzene rings is 1. The monoisotopic (exact) mass is 669 g/mol. The summed E-state index contributed by atoms with van der Waals surface area (Å²) in [5.74, 6) is 2.12. The second-order valence-corrected chi connectivity index (χ2v) is 31.5. The lowest BCUT2D eigenvalue weighted by Crippen LogP contribution is -2.65. The molecule has 0 saturated heterocycles. The number of oxime groups is 1. The van der Waals surface area contributed by atoms with Gasteiger partial charge in [0.2, 0.25) is 0 Å². The van der Waals surface area contributed by atoms with Crippen molar-refractivity contribution in [3.05, 3.63) is 47.5 Å². The Bertz CT molecular complexity index is 1250. The predicted octanol–water partition coefficient (Wildman–Crippen LogP) is 10.2. The van der Waals surface area contributed by atoms with Crippen LogP contribution >= 0.6 is 0 Å². The Morgan fingerprint density at radius 3 is 2.13 bits per heavy atom. The Balaban J connectivity index is 1.41. The number of hydrogen-bond donors (Lipinski definition) is 0. The first-order chi connectivity index (χ1) is 20.9. The second kappa shape index (κ2) is 12.8. The van der Waals surface area contributed by atoms with E-state index < -0.39 is 25.0 Å². The van der Waals surface area contributed by atoms with E-state index in [1.807, 2.05) is 6.07 Å². The zero-order valence-electron chi connectivity index (χ0n) is 30.4. The van der Waals surface area contributed by atoms with Gasteiger partial charge in [-0.2, -0.15) is 0 Å². The summed E-state index contributed by atoms with van der Waals surface area (Å²) in [6, 6.07) is 10.3. The van der Waals surface area contributed by atoms with Crippen LogP contribution in [0.1, 0.15) is 70.8 Å². The topological polar surface area (TPSA) is 49.3 Å². The SMILES string of the molecule is C[C@]12CC/C(=N/OCc3ccccc3)C=C1CC[C@@H]1[C@@H]2CC[C@@]2(C)[C@H]1CC[C@]2(O[Si](C)(C)C)C(CO[Si](C)(C)C)O[Si](C)(C)C. The minimum absolute atomic E-state index is 0.00635. The lowest BCUT2D eigenvalue weighted by Gasteiger charge is -2.62. The first-order valence-electron chi connectivity index (χ1n) is 17.8. The van der Waals surface area contributed by atoms with Crippen molar-refractivity contribution in [3.8, 4) is 0 Å². The van der Waals surface area contributed by atoms with Crippen LogP contribution in [0.4, 0.5) is 0 Å². The lowest BCUT2D eigenvalue weighted by atomic mass is 9.46. The Morgan fingerprint density at radius 1 is 0.800 bits per heavy atom. The van der Waals surface area contributed by atoms with Crippen LogP contribution in [0.2, 0.25) is 58.9 Å². The van der Waals surface area contributed by atoms with Crippen LogP contribution < -0.4 is 0 Å². The van der Waals surface area contributed by atoms with Crippen molar-refractivity contribution in [2.75, 3.05) is 6.61 Å². The maximum Gasteiger partial charge on any atom is 0.184 e. The van der Waals surface area contributed by atoms with E-state index in [1.54, 1.807) is 5.57 Å². The maximum atomic E-state index is 7.56. The maximum absolute atomic E-state index is 7.56. The molecule has 4 aliphatic carbocycles. The number of rotatable bonds is 11. The van der Waals surface area contributed by atoms with Crippen LogP contribution in [-0.2, 0) is 24.7 Å². The molecule has 0 bridgehead atoms. The number of fused-ring (bicyclic) bond motifs is 5. The Hall–Kier alpha value is -1.04. The molecule has 0 radical (unpaired) electrons. The third-order valence-corrected chi connectivity index (χ3v) is 14.6. The zero-order chi connectivity index (χ0) is 32.9. The van der Waals surface area contributed by atoms with Gasteiger partial charge in [-0.25, -0.2) is 0 Å². The van der Waals surface area contributed by atoms with Gasteiger partial charge in [-0.05, 0) is 145 Å². The number of hydrogen-bond acceptors (Lipinski definition) is 5. The Labute approximate surface area is 278 Å². The van der Waals surface area contributed by atoms with E-state index in [2.05, 4.69) is 108 Å². The molecule has 252 valence electrons. The minimum Gasteiger partial charge on any atom is -0.415 e. The van der Waals surface area contributed by atoms with Gasteiger partial charge in [-0.1, -0.05) is 54.9 Å². The van der Waals surface area contributed by atoms with Crippen molar-refractivity contribution in [3.63, 3.8) is 0 Å². The minimum atomic E-state index is -1.90. The quantitative estimate of drug-likeness (QED) is 0.174.